The largest absolute Gasteiger partial charge is 0.422 e. The third-order valence-corrected chi connectivity index (χ3v) is 5.83. The molecular weight excluding hydrogens is 381 g/mol. The number of carbonyl (C=O) groups excluding carboxylic acids is 1. The summed E-state index contributed by atoms with van der Waals surface area (Å²) in [6, 6.07) is 20.6. The van der Waals surface area contributed by atoms with Crippen molar-refractivity contribution in [2.24, 2.45) is 0 Å². The van der Waals surface area contributed by atoms with Crippen molar-refractivity contribution in [2.75, 3.05) is 5.32 Å². The zero-order valence-electron chi connectivity index (χ0n) is 15.6. The van der Waals surface area contributed by atoms with E-state index >= 15 is 0 Å². The third-order valence-electron chi connectivity index (χ3n) is 5.83. The molecule has 1 aliphatic carbocycles. The average molecular weight is 395 g/mol. The number of Topliss-reactive ketones (excluding diaryl/α,β-unsaturated/α-hetero) is 1. The summed E-state index contributed by atoms with van der Waals surface area (Å²) >= 11 is 0. The Morgan fingerprint density at radius 1 is 0.833 bits per heavy atom. The van der Waals surface area contributed by atoms with Crippen LogP contribution in [0.2, 0.25) is 0 Å². The summed E-state index contributed by atoms with van der Waals surface area (Å²) in [6.45, 7) is 0. The first kappa shape index (κ1) is 16.9. The molecule has 4 nitrogen and oxygen atoms in total. The van der Waals surface area contributed by atoms with Gasteiger partial charge >= 0.3 is 5.63 Å². The molecule has 1 atom stereocenters. The van der Waals surface area contributed by atoms with Crippen LogP contribution >= 0.6 is 0 Å². The van der Waals surface area contributed by atoms with Gasteiger partial charge in [0.2, 0.25) is 0 Å². The van der Waals surface area contributed by atoms with E-state index in [1.54, 1.807) is 30.3 Å². The summed E-state index contributed by atoms with van der Waals surface area (Å²) in [7, 11) is 0. The fraction of sp³-hybridized carbons (Fsp3) is 0.0400. The first-order valence-corrected chi connectivity index (χ1v) is 9.60. The zero-order chi connectivity index (χ0) is 20.4. The quantitative estimate of drug-likeness (QED) is 0.456. The minimum Gasteiger partial charge on any atom is -0.422 e. The van der Waals surface area contributed by atoms with E-state index in [1.807, 2.05) is 30.3 Å². The molecule has 0 spiro atoms. The van der Waals surface area contributed by atoms with E-state index in [4.69, 9.17) is 4.42 Å². The van der Waals surface area contributed by atoms with Crippen molar-refractivity contribution in [3.8, 4) is 0 Å². The summed E-state index contributed by atoms with van der Waals surface area (Å²) in [4.78, 5) is 26.4. The number of anilines is 1. The fourth-order valence-electron chi connectivity index (χ4n) is 4.53. The Balaban J connectivity index is 1.72. The monoisotopic (exact) mass is 395 g/mol. The van der Waals surface area contributed by atoms with E-state index < -0.39 is 11.5 Å². The Labute approximate surface area is 170 Å². The number of hydrogen-bond acceptors (Lipinski definition) is 4. The molecule has 0 amide bonds. The molecule has 0 saturated carbocycles. The Hall–Kier alpha value is -3.99. The summed E-state index contributed by atoms with van der Waals surface area (Å²) in [6.07, 6.45) is 0. The number of allylic oxidation sites excluding steroid dienone is 1. The molecule has 0 fully saturated rings. The van der Waals surface area contributed by atoms with Crippen LogP contribution in [0.3, 0.4) is 0 Å². The van der Waals surface area contributed by atoms with Gasteiger partial charge in [-0.15, -0.1) is 0 Å². The number of ketones is 1. The van der Waals surface area contributed by atoms with Crippen LogP contribution in [0.5, 0.6) is 0 Å². The molecule has 1 N–H and O–H groups in total. The molecule has 6 rings (SSSR count). The Morgan fingerprint density at radius 2 is 1.53 bits per heavy atom. The van der Waals surface area contributed by atoms with Crippen LogP contribution in [0.4, 0.5) is 10.1 Å². The number of hydrogen-bond donors (Lipinski definition) is 1. The predicted octanol–water partition coefficient (Wildman–Crippen LogP) is 5.10. The molecule has 3 aromatic carbocycles. The number of benzene rings is 3. The van der Waals surface area contributed by atoms with Crippen molar-refractivity contribution in [1.29, 1.82) is 0 Å². The highest BCUT2D eigenvalue weighted by molar-refractivity contribution is 6.24. The lowest BCUT2D eigenvalue weighted by molar-refractivity contribution is 0.103. The molecule has 5 heteroatoms. The molecule has 2 aliphatic rings. The second kappa shape index (κ2) is 6.00. The van der Waals surface area contributed by atoms with E-state index in [0.29, 0.717) is 39.2 Å². The maximum atomic E-state index is 13.6. The number of halogens is 1. The predicted molar refractivity (Wildman–Crippen MR) is 112 cm³/mol. The second-order valence-electron chi connectivity index (χ2n) is 7.45. The van der Waals surface area contributed by atoms with Crippen molar-refractivity contribution in [3.05, 3.63) is 117 Å². The van der Waals surface area contributed by atoms with E-state index in [-0.39, 0.29) is 11.6 Å². The zero-order valence-corrected chi connectivity index (χ0v) is 15.6. The summed E-state index contributed by atoms with van der Waals surface area (Å²) in [5, 5.41) is 4.12. The molecule has 1 aromatic heterocycles. The van der Waals surface area contributed by atoms with Crippen molar-refractivity contribution in [1.82, 2.24) is 0 Å². The van der Waals surface area contributed by atoms with Crippen LogP contribution in [-0.2, 0) is 0 Å². The minimum absolute atomic E-state index is 0.138. The van der Waals surface area contributed by atoms with E-state index in [2.05, 4.69) is 5.32 Å². The van der Waals surface area contributed by atoms with Crippen molar-refractivity contribution in [2.45, 2.75) is 5.92 Å². The number of rotatable bonds is 1. The minimum atomic E-state index is -0.655. The highest BCUT2D eigenvalue weighted by atomic mass is 19.1. The molecule has 30 heavy (non-hydrogen) atoms. The Kier molecular flexibility index (Phi) is 3.39. The lowest BCUT2D eigenvalue weighted by Crippen LogP contribution is -2.25. The van der Waals surface area contributed by atoms with Gasteiger partial charge in [0, 0.05) is 28.0 Å². The number of carbonyl (C=O) groups is 1. The molecule has 0 radical (unpaired) electrons. The van der Waals surface area contributed by atoms with Crippen LogP contribution in [-0.4, -0.2) is 5.78 Å². The summed E-state index contributed by atoms with van der Waals surface area (Å²) < 4.78 is 19.2. The number of fused-ring (bicyclic) bond motifs is 5. The lowest BCUT2D eigenvalue weighted by atomic mass is 9.80. The smallest absolute Gasteiger partial charge is 0.342 e. The van der Waals surface area contributed by atoms with Crippen LogP contribution in [0.1, 0.15) is 33.0 Å². The molecule has 1 unspecified atom stereocenters. The van der Waals surface area contributed by atoms with Crippen LogP contribution in [0.25, 0.3) is 16.7 Å². The highest BCUT2D eigenvalue weighted by Gasteiger charge is 2.42. The van der Waals surface area contributed by atoms with Crippen LogP contribution in [0.15, 0.2) is 87.6 Å². The standard InChI is InChI=1S/C25H14FNO3/c26-14-11-9-13(10-12-14)19-20-22(15-5-1-2-6-16(15)24(20)28)27-23-17-7-3-4-8-18(17)30-25(29)21(19)23/h1-12,19,27H. The third kappa shape index (κ3) is 2.20. The molecule has 0 bridgehead atoms. The highest BCUT2D eigenvalue weighted by Crippen LogP contribution is 2.49. The second-order valence-corrected chi connectivity index (χ2v) is 7.45. The molecule has 0 saturated heterocycles. The van der Waals surface area contributed by atoms with Crippen LogP contribution < -0.4 is 10.9 Å². The Bertz CT molecular complexity index is 1460. The first-order valence-electron chi connectivity index (χ1n) is 9.60. The van der Waals surface area contributed by atoms with Gasteiger partial charge in [0.1, 0.15) is 11.4 Å². The molecular formula is C25H14FNO3. The van der Waals surface area contributed by atoms with Crippen molar-refractivity contribution < 1.29 is 13.6 Å². The van der Waals surface area contributed by atoms with Crippen molar-refractivity contribution in [3.63, 3.8) is 0 Å². The van der Waals surface area contributed by atoms with Gasteiger partial charge < -0.3 is 9.73 Å². The first-order chi connectivity index (χ1) is 14.6. The SMILES string of the molecule is O=C1C2=C(Nc3c(c(=O)oc4ccccc34)C2c2ccc(F)cc2)c2ccccc21. The van der Waals surface area contributed by atoms with E-state index in [9.17, 15) is 14.0 Å². The molecule has 144 valence electrons. The van der Waals surface area contributed by atoms with Crippen LogP contribution in [0, 0.1) is 5.82 Å². The fourth-order valence-corrected chi connectivity index (χ4v) is 4.53. The molecule has 2 heterocycles. The summed E-state index contributed by atoms with van der Waals surface area (Å²) in [5.74, 6) is -1.17. The summed E-state index contributed by atoms with van der Waals surface area (Å²) in [5.41, 5.74) is 4.16. The van der Waals surface area contributed by atoms with Gasteiger partial charge in [-0.05, 0) is 29.8 Å². The van der Waals surface area contributed by atoms with E-state index in [0.717, 1.165) is 10.9 Å². The average Bonchev–Trinajstić information content (AvgIpc) is 3.05. The van der Waals surface area contributed by atoms with Gasteiger partial charge in [0.15, 0.2) is 5.78 Å². The lowest BCUT2D eigenvalue weighted by Gasteiger charge is -2.28. The maximum Gasteiger partial charge on any atom is 0.342 e. The molecule has 4 aromatic rings. The van der Waals surface area contributed by atoms with Crippen molar-refractivity contribution >= 4 is 28.1 Å². The normalized spacial score (nSPS) is 16.8. The maximum absolute atomic E-state index is 13.6. The number of nitrogens with one attached hydrogen (secondary N) is 1. The van der Waals surface area contributed by atoms with Gasteiger partial charge in [0.25, 0.3) is 0 Å². The number of para-hydroxylation sites is 1. The van der Waals surface area contributed by atoms with E-state index in [1.165, 1.54) is 12.1 Å². The molecule has 1 aliphatic heterocycles. The van der Waals surface area contributed by atoms with Gasteiger partial charge in [-0.25, -0.2) is 9.18 Å². The topological polar surface area (TPSA) is 59.3 Å². The van der Waals surface area contributed by atoms with Gasteiger partial charge in [-0.2, -0.15) is 0 Å². The Morgan fingerprint density at radius 3 is 2.33 bits per heavy atom. The van der Waals surface area contributed by atoms with Gasteiger partial charge in [-0.3, -0.25) is 4.79 Å². The van der Waals surface area contributed by atoms with Gasteiger partial charge in [-0.1, -0.05) is 48.5 Å². The van der Waals surface area contributed by atoms with Gasteiger partial charge in [0.05, 0.1) is 16.9 Å².